The van der Waals surface area contributed by atoms with Crippen molar-refractivity contribution < 1.29 is 9.59 Å². The van der Waals surface area contributed by atoms with Crippen LogP contribution in [0.5, 0.6) is 0 Å². The van der Waals surface area contributed by atoms with Gasteiger partial charge in [0.25, 0.3) is 0 Å². The highest BCUT2D eigenvalue weighted by molar-refractivity contribution is 7.13. The molecule has 7 rings (SSSR count). The van der Waals surface area contributed by atoms with Crippen LogP contribution in [0.1, 0.15) is 44.9 Å². The molecule has 6 atom stereocenters. The Balaban J connectivity index is 0.986. The third-order valence-corrected chi connectivity index (χ3v) is 10.8. The van der Waals surface area contributed by atoms with Crippen molar-refractivity contribution >= 4 is 39.3 Å². The zero-order valence-electron chi connectivity index (χ0n) is 20.5. The van der Waals surface area contributed by atoms with Gasteiger partial charge in [0.1, 0.15) is 5.82 Å². The fourth-order valence-electron chi connectivity index (χ4n) is 8.22. The van der Waals surface area contributed by atoms with E-state index in [1.165, 1.54) is 29.3 Å². The van der Waals surface area contributed by atoms with Crippen LogP contribution in [0, 0.1) is 35.5 Å². The molecule has 0 N–H and O–H groups in total. The summed E-state index contributed by atoms with van der Waals surface area (Å²) in [4.78, 5) is 33.4. The van der Waals surface area contributed by atoms with Crippen LogP contribution >= 0.6 is 11.5 Å². The molecule has 3 heterocycles. The summed E-state index contributed by atoms with van der Waals surface area (Å²) in [6.45, 7) is 5.93. The van der Waals surface area contributed by atoms with Crippen molar-refractivity contribution in [1.29, 1.82) is 0 Å². The molecule has 2 aliphatic heterocycles. The lowest BCUT2D eigenvalue weighted by Gasteiger charge is -2.40. The Morgan fingerprint density at radius 2 is 1.49 bits per heavy atom. The van der Waals surface area contributed by atoms with Gasteiger partial charge in [-0.15, -0.1) is 0 Å². The lowest BCUT2D eigenvalue weighted by molar-refractivity contribution is -0.142. The van der Waals surface area contributed by atoms with Crippen molar-refractivity contribution in [3.05, 3.63) is 24.3 Å². The van der Waals surface area contributed by atoms with E-state index in [0.717, 1.165) is 64.2 Å². The number of fused-ring (bicyclic) bond motifs is 6. The Labute approximate surface area is 211 Å². The highest BCUT2D eigenvalue weighted by Crippen LogP contribution is 2.56. The van der Waals surface area contributed by atoms with Gasteiger partial charge in [0.2, 0.25) is 11.8 Å². The number of hydrogen-bond donors (Lipinski definition) is 0. The fourth-order valence-corrected chi connectivity index (χ4v) is 9.02. The molecule has 0 spiro atoms. The Kier molecular flexibility index (Phi) is 5.61. The highest BCUT2D eigenvalue weighted by atomic mass is 32.1. The van der Waals surface area contributed by atoms with E-state index in [2.05, 4.69) is 34.1 Å². The molecule has 2 bridgehead atoms. The summed E-state index contributed by atoms with van der Waals surface area (Å²) >= 11 is 1.60. The molecular weight excluding hydrogens is 456 g/mol. The van der Waals surface area contributed by atoms with Gasteiger partial charge < -0.3 is 4.90 Å². The molecule has 5 fully saturated rings. The first-order valence-electron chi connectivity index (χ1n) is 13.8. The molecule has 5 aliphatic rings. The molecule has 1 aromatic heterocycles. The monoisotopic (exact) mass is 492 g/mol. The fraction of sp³-hybridized carbons (Fsp3) is 0.679. The summed E-state index contributed by atoms with van der Waals surface area (Å²) < 4.78 is 6.02. The number of piperazine rings is 1. The van der Waals surface area contributed by atoms with Gasteiger partial charge in [-0.3, -0.25) is 19.4 Å². The average molecular weight is 493 g/mol. The van der Waals surface area contributed by atoms with Crippen LogP contribution in [-0.2, 0) is 9.59 Å². The number of aromatic nitrogens is 1. The number of nitrogens with zero attached hydrogens (tertiary/aromatic N) is 4. The van der Waals surface area contributed by atoms with Gasteiger partial charge in [-0.05, 0) is 79.4 Å². The zero-order chi connectivity index (χ0) is 23.5. The normalized spacial score (nSPS) is 35.4. The number of carbonyl (C=O) groups excluding carboxylic acids is 2. The van der Waals surface area contributed by atoms with Crippen LogP contribution in [0.15, 0.2) is 24.3 Å². The third kappa shape index (κ3) is 3.72. The standard InChI is InChI=1S/C28H36N4O2S/c33-27-24-18-9-10-19(15-18)25(24)28(34)32(27)17-21-6-2-1-5-20(21)16-30-11-13-31(14-12-30)26-22-7-3-4-8-23(22)35-29-26/h3-4,7-8,18-21,24-25H,1-2,5-6,9-17H2/t18-,19-,20+,21-,24-,25+/m0/s1. The second-order valence-electron chi connectivity index (χ2n) is 11.8. The number of anilines is 1. The molecule has 1 aromatic carbocycles. The van der Waals surface area contributed by atoms with Crippen LogP contribution in [0.4, 0.5) is 5.82 Å². The van der Waals surface area contributed by atoms with Crippen molar-refractivity contribution in [3.8, 4) is 0 Å². The van der Waals surface area contributed by atoms with Crippen molar-refractivity contribution in [2.45, 2.75) is 44.9 Å². The molecule has 6 nitrogen and oxygen atoms in total. The second kappa shape index (κ2) is 8.84. The summed E-state index contributed by atoms with van der Waals surface area (Å²) in [7, 11) is 0. The molecule has 2 amide bonds. The minimum Gasteiger partial charge on any atom is -0.353 e. The van der Waals surface area contributed by atoms with E-state index < -0.39 is 0 Å². The highest BCUT2D eigenvalue weighted by Gasteiger charge is 2.61. The van der Waals surface area contributed by atoms with Crippen molar-refractivity contribution in [2.75, 3.05) is 44.2 Å². The lowest BCUT2D eigenvalue weighted by Crippen LogP contribution is -2.49. The van der Waals surface area contributed by atoms with Gasteiger partial charge in [-0.2, -0.15) is 4.37 Å². The summed E-state index contributed by atoms with van der Waals surface area (Å²) in [6.07, 6.45) is 8.35. The van der Waals surface area contributed by atoms with Crippen molar-refractivity contribution in [1.82, 2.24) is 14.2 Å². The van der Waals surface area contributed by atoms with E-state index in [-0.39, 0.29) is 23.7 Å². The Morgan fingerprint density at radius 1 is 0.829 bits per heavy atom. The molecular formula is C28H36N4O2S. The number of likely N-dealkylation sites (tertiary alicyclic amines) is 1. The molecule has 0 radical (unpaired) electrons. The van der Waals surface area contributed by atoms with Gasteiger partial charge in [-0.25, -0.2) is 0 Å². The van der Waals surface area contributed by atoms with Crippen LogP contribution in [0.25, 0.3) is 10.1 Å². The van der Waals surface area contributed by atoms with E-state index in [4.69, 9.17) is 4.37 Å². The van der Waals surface area contributed by atoms with E-state index in [1.54, 1.807) is 16.4 Å². The summed E-state index contributed by atoms with van der Waals surface area (Å²) in [5, 5.41) is 1.27. The van der Waals surface area contributed by atoms with E-state index in [1.807, 2.05) is 0 Å². The average Bonchev–Trinajstić information content (AvgIpc) is 3.66. The van der Waals surface area contributed by atoms with Gasteiger partial charge in [0, 0.05) is 44.7 Å². The maximum absolute atomic E-state index is 13.3. The smallest absolute Gasteiger partial charge is 0.233 e. The molecule has 2 aromatic rings. The SMILES string of the molecule is O=C1[C@@H]2[C@H]3CC[C@@H](C3)[C@@H]2C(=O)N1C[C@@H]1CCCC[C@@H]1CN1CCN(c2nsc3ccccc23)CC1. The zero-order valence-corrected chi connectivity index (χ0v) is 21.3. The molecule has 3 saturated carbocycles. The lowest BCUT2D eigenvalue weighted by atomic mass is 9.78. The van der Waals surface area contributed by atoms with Crippen LogP contribution < -0.4 is 4.90 Å². The predicted octanol–water partition coefficient (Wildman–Crippen LogP) is 4.26. The molecule has 7 heteroatoms. The maximum atomic E-state index is 13.3. The van der Waals surface area contributed by atoms with Gasteiger partial charge in [-0.1, -0.05) is 25.0 Å². The Hall–Kier alpha value is -1.99. The van der Waals surface area contributed by atoms with Crippen molar-refractivity contribution in [3.63, 3.8) is 0 Å². The number of imide groups is 1. The largest absolute Gasteiger partial charge is 0.353 e. The third-order valence-electron chi connectivity index (χ3n) is 10.0. The van der Waals surface area contributed by atoms with E-state index in [9.17, 15) is 9.59 Å². The number of amides is 2. The first kappa shape index (κ1) is 22.2. The molecule has 0 unspecified atom stereocenters. The Bertz CT molecular complexity index is 1100. The topological polar surface area (TPSA) is 56.8 Å². The van der Waals surface area contributed by atoms with Gasteiger partial charge in [0.05, 0.1) is 16.5 Å². The van der Waals surface area contributed by atoms with Gasteiger partial charge >= 0.3 is 0 Å². The van der Waals surface area contributed by atoms with Crippen molar-refractivity contribution in [2.24, 2.45) is 35.5 Å². The van der Waals surface area contributed by atoms with Gasteiger partial charge in [0.15, 0.2) is 0 Å². The number of hydrogen-bond acceptors (Lipinski definition) is 6. The maximum Gasteiger partial charge on any atom is 0.233 e. The van der Waals surface area contributed by atoms with Crippen LogP contribution in [0.2, 0.25) is 0 Å². The minimum atomic E-state index is 0.0261. The first-order valence-corrected chi connectivity index (χ1v) is 14.6. The first-order chi connectivity index (χ1) is 17.2. The molecule has 35 heavy (non-hydrogen) atoms. The molecule has 186 valence electrons. The van der Waals surface area contributed by atoms with E-state index in [0.29, 0.717) is 30.2 Å². The molecule has 3 aliphatic carbocycles. The Morgan fingerprint density at radius 3 is 2.20 bits per heavy atom. The number of rotatable bonds is 5. The van der Waals surface area contributed by atoms with Crippen LogP contribution in [-0.4, -0.2) is 65.3 Å². The predicted molar refractivity (Wildman–Crippen MR) is 138 cm³/mol. The summed E-state index contributed by atoms with van der Waals surface area (Å²) in [6, 6.07) is 8.54. The summed E-state index contributed by atoms with van der Waals surface area (Å²) in [5.74, 6) is 3.59. The second-order valence-corrected chi connectivity index (χ2v) is 12.6. The minimum absolute atomic E-state index is 0.0261. The van der Waals surface area contributed by atoms with E-state index >= 15 is 0 Å². The molecule has 2 saturated heterocycles. The summed E-state index contributed by atoms with van der Waals surface area (Å²) in [5.41, 5.74) is 0. The van der Waals surface area contributed by atoms with Crippen LogP contribution in [0.3, 0.4) is 0 Å². The number of carbonyl (C=O) groups is 2. The quantitative estimate of drug-likeness (QED) is 0.584. The number of benzene rings is 1.